The van der Waals surface area contributed by atoms with Gasteiger partial charge in [0.1, 0.15) is 11.4 Å². The highest BCUT2D eigenvalue weighted by atomic mass is 16.5. The standard InChI is InChI=1S/C10H12N2O/c1-8(2)13-9-3-5-12-6-4-11-10(12)7-9/h3-8H,1-2H3/i3D. The third-order valence-corrected chi connectivity index (χ3v) is 1.67. The van der Waals surface area contributed by atoms with Crippen molar-refractivity contribution in [3.05, 3.63) is 30.7 Å². The largest absolute Gasteiger partial charge is 0.491 e. The van der Waals surface area contributed by atoms with Crippen molar-refractivity contribution in [2.75, 3.05) is 0 Å². The average Bonchev–Trinajstić information content (AvgIpc) is 2.51. The van der Waals surface area contributed by atoms with E-state index in [9.17, 15) is 0 Å². The van der Waals surface area contributed by atoms with Crippen molar-refractivity contribution in [2.45, 2.75) is 20.0 Å². The van der Waals surface area contributed by atoms with Crippen LogP contribution in [0.2, 0.25) is 0 Å². The number of rotatable bonds is 2. The maximum atomic E-state index is 7.71. The van der Waals surface area contributed by atoms with Gasteiger partial charge < -0.3 is 9.14 Å². The summed E-state index contributed by atoms with van der Waals surface area (Å²) in [4.78, 5) is 4.13. The summed E-state index contributed by atoms with van der Waals surface area (Å²) in [6.07, 6.45) is 5.29. The summed E-state index contributed by atoms with van der Waals surface area (Å²) in [5.74, 6) is 0.582. The van der Waals surface area contributed by atoms with Gasteiger partial charge in [-0.05, 0) is 19.9 Å². The van der Waals surface area contributed by atoms with Crippen LogP contribution >= 0.6 is 0 Å². The van der Waals surface area contributed by atoms with E-state index in [1.165, 1.54) is 0 Å². The molecule has 0 spiro atoms. The van der Waals surface area contributed by atoms with E-state index in [1.807, 2.05) is 20.0 Å². The summed E-state index contributed by atoms with van der Waals surface area (Å²) in [5, 5.41) is 0. The lowest BCUT2D eigenvalue weighted by atomic mass is 10.4. The first-order valence-corrected chi connectivity index (χ1v) is 4.27. The van der Waals surface area contributed by atoms with E-state index in [-0.39, 0.29) is 6.10 Å². The first-order valence-electron chi connectivity index (χ1n) is 4.77. The molecular formula is C10H12N2O. The fraction of sp³-hybridized carbons (Fsp3) is 0.300. The second-order valence-corrected chi connectivity index (χ2v) is 3.14. The Labute approximate surface area is 78.4 Å². The number of hydrogen-bond donors (Lipinski definition) is 0. The van der Waals surface area contributed by atoms with E-state index in [0.717, 1.165) is 5.65 Å². The van der Waals surface area contributed by atoms with E-state index < -0.39 is 0 Å². The maximum absolute atomic E-state index is 7.71. The Balaban J connectivity index is 2.48. The molecule has 0 radical (unpaired) electrons. The molecule has 0 aliphatic heterocycles. The molecule has 0 saturated heterocycles. The van der Waals surface area contributed by atoms with Gasteiger partial charge in [-0.1, -0.05) is 0 Å². The summed E-state index contributed by atoms with van der Waals surface area (Å²) in [6.45, 7) is 3.88. The van der Waals surface area contributed by atoms with Gasteiger partial charge >= 0.3 is 0 Å². The molecule has 0 aliphatic rings. The maximum Gasteiger partial charge on any atom is 0.140 e. The van der Waals surface area contributed by atoms with Crippen LogP contribution in [0.4, 0.5) is 0 Å². The van der Waals surface area contributed by atoms with Gasteiger partial charge in [-0.3, -0.25) is 0 Å². The molecule has 3 heteroatoms. The van der Waals surface area contributed by atoms with Crippen LogP contribution < -0.4 is 4.74 Å². The molecule has 0 atom stereocenters. The Morgan fingerprint density at radius 1 is 1.54 bits per heavy atom. The summed E-state index contributed by atoms with van der Waals surface area (Å²) in [6, 6.07) is 2.16. The molecule has 3 nitrogen and oxygen atoms in total. The van der Waals surface area contributed by atoms with Crippen molar-refractivity contribution in [2.24, 2.45) is 0 Å². The highest BCUT2D eigenvalue weighted by Crippen LogP contribution is 2.14. The lowest BCUT2D eigenvalue weighted by Gasteiger charge is -2.08. The minimum absolute atomic E-state index is 0.0801. The van der Waals surface area contributed by atoms with Crippen molar-refractivity contribution in [1.82, 2.24) is 9.38 Å². The molecule has 0 fully saturated rings. The molecule has 13 heavy (non-hydrogen) atoms. The number of nitrogens with zero attached hydrogens (tertiary/aromatic N) is 2. The van der Waals surface area contributed by atoms with Crippen molar-refractivity contribution < 1.29 is 6.11 Å². The summed E-state index contributed by atoms with van der Waals surface area (Å²) < 4.78 is 15.0. The van der Waals surface area contributed by atoms with Gasteiger partial charge in [0.2, 0.25) is 0 Å². The number of hydrogen-bond acceptors (Lipinski definition) is 2. The lowest BCUT2D eigenvalue weighted by molar-refractivity contribution is 0.242. The van der Waals surface area contributed by atoms with Crippen LogP contribution in [0.3, 0.4) is 0 Å². The molecule has 2 heterocycles. The Hall–Kier alpha value is -1.51. The van der Waals surface area contributed by atoms with Crippen molar-refractivity contribution in [3.8, 4) is 5.75 Å². The summed E-state index contributed by atoms with van der Waals surface area (Å²) >= 11 is 0. The zero-order chi connectivity index (χ0) is 10.1. The van der Waals surface area contributed by atoms with E-state index >= 15 is 0 Å². The smallest absolute Gasteiger partial charge is 0.140 e. The predicted octanol–water partition coefficient (Wildman–Crippen LogP) is 2.12. The topological polar surface area (TPSA) is 26.5 Å². The van der Waals surface area contributed by atoms with E-state index in [2.05, 4.69) is 4.98 Å². The normalized spacial score (nSPS) is 12.1. The van der Waals surface area contributed by atoms with E-state index in [4.69, 9.17) is 6.11 Å². The molecule has 0 aliphatic carbocycles. The van der Waals surface area contributed by atoms with Crippen molar-refractivity contribution in [1.29, 1.82) is 0 Å². The zero-order valence-corrected chi connectivity index (χ0v) is 7.69. The summed E-state index contributed by atoms with van der Waals surface area (Å²) in [7, 11) is 0. The first kappa shape index (κ1) is 6.95. The van der Waals surface area contributed by atoms with Crippen LogP contribution in [0.1, 0.15) is 15.2 Å². The van der Waals surface area contributed by atoms with Gasteiger partial charge in [0.15, 0.2) is 0 Å². The van der Waals surface area contributed by atoms with Crippen LogP contribution in [0.15, 0.2) is 30.7 Å². The highest BCUT2D eigenvalue weighted by molar-refractivity contribution is 5.44. The molecule has 0 aromatic carbocycles. The number of ether oxygens (including phenoxy) is 1. The molecule has 2 aromatic heterocycles. The Kier molecular flexibility index (Phi) is 1.65. The number of pyridine rings is 1. The van der Waals surface area contributed by atoms with Crippen molar-refractivity contribution >= 4 is 5.65 Å². The van der Waals surface area contributed by atoms with Gasteiger partial charge in [0.25, 0.3) is 0 Å². The molecule has 68 valence electrons. The fourth-order valence-electron chi connectivity index (χ4n) is 1.16. The van der Waals surface area contributed by atoms with Crippen LogP contribution in [0.5, 0.6) is 5.75 Å². The molecule has 2 rings (SSSR count). The molecule has 0 unspecified atom stereocenters. The van der Waals surface area contributed by atoms with E-state index in [0.29, 0.717) is 11.8 Å². The highest BCUT2D eigenvalue weighted by Gasteiger charge is 1.99. The summed E-state index contributed by atoms with van der Waals surface area (Å²) in [5.41, 5.74) is 0.802. The average molecular weight is 177 g/mol. The number of aromatic nitrogens is 2. The van der Waals surface area contributed by atoms with Crippen LogP contribution in [0.25, 0.3) is 5.65 Å². The minimum Gasteiger partial charge on any atom is -0.491 e. The molecule has 0 saturated carbocycles. The zero-order valence-electron chi connectivity index (χ0n) is 8.69. The quantitative estimate of drug-likeness (QED) is 0.702. The van der Waals surface area contributed by atoms with Crippen LogP contribution in [-0.4, -0.2) is 15.5 Å². The van der Waals surface area contributed by atoms with Gasteiger partial charge in [-0.25, -0.2) is 4.98 Å². The minimum atomic E-state index is 0.0801. The molecule has 0 amide bonds. The van der Waals surface area contributed by atoms with Gasteiger partial charge in [0.05, 0.1) is 7.47 Å². The third kappa shape index (κ3) is 1.64. The Morgan fingerprint density at radius 2 is 2.38 bits per heavy atom. The number of imidazole rings is 1. The number of fused-ring (bicyclic) bond motifs is 1. The van der Waals surface area contributed by atoms with Gasteiger partial charge in [0, 0.05) is 24.7 Å². The second-order valence-electron chi connectivity index (χ2n) is 3.14. The third-order valence-electron chi connectivity index (χ3n) is 1.67. The predicted molar refractivity (Wildman–Crippen MR) is 51.0 cm³/mol. The fourth-order valence-corrected chi connectivity index (χ4v) is 1.16. The monoisotopic (exact) mass is 177 g/mol. The first-order chi connectivity index (χ1) is 6.66. The van der Waals surface area contributed by atoms with Crippen LogP contribution in [0, 0.1) is 0 Å². The lowest BCUT2D eigenvalue weighted by Crippen LogP contribution is -2.05. The van der Waals surface area contributed by atoms with Gasteiger partial charge in [-0.2, -0.15) is 0 Å². The molecule has 0 bridgehead atoms. The van der Waals surface area contributed by atoms with Crippen molar-refractivity contribution in [3.63, 3.8) is 0 Å². The van der Waals surface area contributed by atoms with Crippen LogP contribution in [-0.2, 0) is 0 Å². The van der Waals surface area contributed by atoms with Gasteiger partial charge in [-0.15, -0.1) is 0 Å². The SMILES string of the molecule is [2H]c1cn2ccnc2cc1OC(C)C. The Morgan fingerprint density at radius 3 is 3.15 bits per heavy atom. The van der Waals surface area contributed by atoms with E-state index in [1.54, 1.807) is 22.9 Å². The molecule has 0 N–H and O–H groups in total. The second kappa shape index (κ2) is 3.09. The molecular weight excluding hydrogens is 164 g/mol. The Bertz CT molecular complexity index is 450. The molecule has 2 aromatic rings.